The van der Waals surface area contributed by atoms with Gasteiger partial charge in [-0.05, 0) is 49.8 Å². The number of halogens is 1. The Kier molecular flexibility index (Phi) is 6.19. The molecule has 2 aromatic rings. The topological polar surface area (TPSA) is 63.3 Å². The third-order valence-corrected chi connectivity index (χ3v) is 4.82. The predicted octanol–water partition coefficient (Wildman–Crippen LogP) is 3.88. The van der Waals surface area contributed by atoms with E-state index in [-0.39, 0.29) is 24.0 Å². The highest BCUT2D eigenvalue weighted by molar-refractivity contribution is 14.0. The van der Waals surface area contributed by atoms with Gasteiger partial charge in [0, 0.05) is 10.6 Å². The van der Waals surface area contributed by atoms with Crippen molar-refractivity contribution in [1.29, 1.82) is 0 Å². The van der Waals surface area contributed by atoms with E-state index in [4.69, 9.17) is 5.73 Å². The van der Waals surface area contributed by atoms with Gasteiger partial charge in [0.25, 0.3) is 0 Å². The van der Waals surface area contributed by atoms with Crippen molar-refractivity contribution in [3.8, 4) is 0 Å². The molecule has 0 unspecified atom stereocenters. The fourth-order valence-corrected chi connectivity index (χ4v) is 3.41. The minimum absolute atomic E-state index is 0. The molecule has 1 aromatic carbocycles. The van der Waals surface area contributed by atoms with Crippen LogP contribution in [0.25, 0.3) is 0 Å². The lowest BCUT2D eigenvalue weighted by atomic mass is 9.90. The SMILES string of the molecule is Cc1ncsc1CN=C(N)Nc1cccc2c1CCCC2.I. The van der Waals surface area contributed by atoms with Crippen LogP contribution in [0.4, 0.5) is 5.69 Å². The van der Waals surface area contributed by atoms with Gasteiger partial charge in [-0.25, -0.2) is 9.98 Å². The van der Waals surface area contributed by atoms with Crippen LogP contribution >= 0.6 is 35.3 Å². The Hall–Kier alpha value is -1.15. The summed E-state index contributed by atoms with van der Waals surface area (Å²) in [7, 11) is 0. The van der Waals surface area contributed by atoms with E-state index in [1.165, 1.54) is 30.4 Å². The minimum Gasteiger partial charge on any atom is -0.370 e. The lowest BCUT2D eigenvalue weighted by Crippen LogP contribution is -2.24. The van der Waals surface area contributed by atoms with Crippen molar-refractivity contribution >= 4 is 47.0 Å². The molecule has 1 aliphatic rings. The molecule has 0 saturated heterocycles. The lowest BCUT2D eigenvalue weighted by Gasteiger charge is -2.19. The first-order valence-corrected chi connectivity index (χ1v) is 8.18. The van der Waals surface area contributed by atoms with Crippen LogP contribution < -0.4 is 11.1 Å². The van der Waals surface area contributed by atoms with Gasteiger partial charge < -0.3 is 11.1 Å². The third-order valence-electron chi connectivity index (χ3n) is 3.90. The number of nitrogens with one attached hydrogen (secondary N) is 1. The molecular formula is C16H21IN4S. The van der Waals surface area contributed by atoms with E-state index in [1.54, 1.807) is 11.3 Å². The molecule has 0 aliphatic heterocycles. The molecule has 0 fully saturated rings. The zero-order valence-corrected chi connectivity index (χ0v) is 15.8. The number of fused-ring (bicyclic) bond motifs is 1. The zero-order valence-electron chi connectivity index (χ0n) is 12.6. The number of hydrogen-bond acceptors (Lipinski definition) is 3. The lowest BCUT2D eigenvalue weighted by molar-refractivity contribution is 0.687. The Morgan fingerprint density at radius 3 is 2.95 bits per heavy atom. The predicted molar refractivity (Wildman–Crippen MR) is 104 cm³/mol. The molecule has 0 saturated carbocycles. The van der Waals surface area contributed by atoms with Crippen molar-refractivity contribution in [1.82, 2.24) is 4.98 Å². The Morgan fingerprint density at radius 2 is 2.18 bits per heavy atom. The normalized spacial score (nSPS) is 14.1. The quantitative estimate of drug-likeness (QED) is 0.443. The Bertz CT molecular complexity index is 666. The van der Waals surface area contributed by atoms with Gasteiger partial charge in [0.2, 0.25) is 0 Å². The fourth-order valence-electron chi connectivity index (χ4n) is 2.71. The summed E-state index contributed by atoms with van der Waals surface area (Å²) < 4.78 is 0. The number of aryl methyl sites for hydroxylation is 2. The summed E-state index contributed by atoms with van der Waals surface area (Å²) in [4.78, 5) is 9.81. The number of thiazole rings is 1. The molecule has 22 heavy (non-hydrogen) atoms. The second kappa shape index (κ2) is 7.92. The van der Waals surface area contributed by atoms with Crippen LogP contribution in [0.5, 0.6) is 0 Å². The number of aromatic nitrogens is 1. The van der Waals surface area contributed by atoms with E-state index in [9.17, 15) is 0 Å². The third kappa shape index (κ3) is 3.98. The maximum absolute atomic E-state index is 6.03. The molecule has 0 spiro atoms. The maximum atomic E-state index is 6.03. The largest absolute Gasteiger partial charge is 0.370 e. The molecule has 1 aromatic heterocycles. The smallest absolute Gasteiger partial charge is 0.193 e. The highest BCUT2D eigenvalue weighted by atomic mass is 127. The van der Waals surface area contributed by atoms with Crippen molar-refractivity contribution < 1.29 is 0 Å². The van der Waals surface area contributed by atoms with Crippen molar-refractivity contribution in [2.24, 2.45) is 10.7 Å². The van der Waals surface area contributed by atoms with Crippen LogP contribution in [0.3, 0.4) is 0 Å². The van der Waals surface area contributed by atoms with Gasteiger partial charge in [-0.1, -0.05) is 12.1 Å². The number of aliphatic imine (C=N–C) groups is 1. The molecule has 1 aliphatic carbocycles. The molecule has 6 heteroatoms. The summed E-state index contributed by atoms with van der Waals surface area (Å²) in [6.45, 7) is 2.59. The van der Waals surface area contributed by atoms with Gasteiger partial charge in [-0.3, -0.25) is 0 Å². The van der Waals surface area contributed by atoms with E-state index in [0.29, 0.717) is 12.5 Å². The van der Waals surface area contributed by atoms with Crippen LogP contribution in [0.2, 0.25) is 0 Å². The minimum atomic E-state index is 0. The first kappa shape index (κ1) is 17.2. The molecule has 0 bridgehead atoms. The van der Waals surface area contributed by atoms with Gasteiger partial charge in [0.1, 0.15) is 0 Å². The van der Waals surface area contributed by atoms with E-state index >= 15 is 0 Å². The van der Waals surface area contributed by atoms with Crippen molar-refractivity contribution in [2.75, 3.05) is 5.32 Å². The number of nitrogens with zero attached hydrogens (tertiary/aromatic N) is 2. The number of rotatable bonds is 3. The summed E-state index contributed by atoms with van der Waals surface area (Å²) in [5, 5.41) is 3.26. The first-order chi connectivity index (χ1) is 10.2. The Morgan fingerprint density at radius 1 is 1.36 bits per heavy atom. The second-order valence-corrected chi connectivity index (χ2v) is 6.28. The average molecular weight is 428 g/mol. The number of guanidine groups is 1. The number of anilines is 1. The van der Waals surface area contributed by atoms with E-state index in [1.807, 2.05) is 12.4 Å². The highest BCUT2D eigenvalue weighted by Gasteiger charge is 2.13. The molecule has 3 N–H and O–H groups in total. The molecule has 0 amide bonds. The van der Waals surface area contributed by atoms with Crippen molar-refractivity contribution in [2.45, 2.75) is 39.2 Å². The van der Waals surface area contributed by atoms with Crippen LogP contribution in [-0.2, 0) is 19.4 Å². The standard InChI is InChI=1S/C16H20N4S.HI/c1-11-15(21-10-19-11)9-18-16(17)20-14-8-4-6-12-5-2-3-7-13(12)14;/h4,6,8,10H,2-3,5,7,9H2,1H3,(H3,17,18,20);1H. The van der Waals surface area contributed by atoms with Crippen LogP contribution in [0, 0.1) is 6.92 Å². The molecular weight excluding hydrogens is 407 g/mol. The van der Waals surface area contributed by atoms with Crippen LogP contribution in [0.1, 0.15) is 34.5 Å². The van der Waals surface area contributed by atoms with Crippen LogP contribution in [0.15, 0.2) is 28.7 Å². The zero-order chi connectivity index (χ0) is 14.7. The van der Waals surface area contributed by atoms with Gasteiger partial charge in [0.15, 0.2) is 5.96 Å². The van der Waals surface area contributed by atoms with Gasteiger partial charge >= 0.3 is 0 Å². The van der Waals surface area contributed by atoms with Crippen LogP contribution in [-0.4, -0.2) is 10.9 Å². The molecule has 0 radical (unpaired) electrons. The summed E-state index contributed by atoms with van der Waals surface area (Å²) in [5.41, 5.74) is 12.9. The molecule has 4 nitrogen and oxygen atoms in total. The van der Waals surface area contributed by atoms with E-state index in [2.05, 4.69) is 33.5 Å². The van der Waals surface area contributed by atoms with Crippen molar-refractivity contribution in [3.63, 3.8) is 0 Å². The number of benzene rings is 1. The molecule has 0 atom stereocenters. The van der Waals surface area contributed by atoms with Crippen molar-refractivity contribution in [3.05, 3.63) is 45.4 Å². The van der Waals surface area contributed by atoms with E-state index < -0.39 is 0 Å². The van der Waals surface area contributed by atoms with Gasteiger partial charge in [-0.15, -0.1) is 35.3 Å². The first-order valence-electron chi connectivity index (χ1n) is 7.30. The Labute approximate surface area is 152 Å². The molecule has 3 rings (SSSR count). The van der Waals surface area contributed by atoms with Gasteiger partial charge in [-0.2, -0.15) is 0 Å². The van der Waals surface area contributed by atoms with E-state index in [0.717, 1.165) is 22.7 Å². The Balaban J connectivity index is 0.00000176. The average Bonchev–Trinajstić information content (AvgIpc) is 2.91. The summed E-state index contributed by atoms with van der Waals surface area (Å²) in [5.74, 6) is 0.474. The monoisotopic (exact) mass is 428 g/mol. The summed E-state index contributed by atoms with van der Waals surface area (Å²) >= 11 is 1.62. The highest BCUT2D eigenvalue weighted by Crippen LogP contribution is 2.27. The summed E-state index contributed by atoms with van der Waals surface area (Å²) in [6, 6.07) is 6.39. The summed E-state index contributed by atoms with van der Waals surface area (Å²) in [6.07, 6.45) is 4.83. The second-order valence-electron chi connectivity index (χ2n) is 5.34. The number of nitrogens with two attached hydrogens (primary N) is 1. The maximum Gasteiger partial charge on any atom is 0.193 e. The molecule has 118 valence electrons. The van der Waals surface area contributed by atoms with Gasteiger partial charge in [0.05, 0.1) is 17.7 Å². The number of hydrogen-bond donors (Lipinski definition) is 2. The fraction of sp³-hybridized carbons (Fsp3) is 0.375. The molecule has 1 heterocycles.